The maximum Gasteiger partial charge on any atom is 0.416 e. The number of rotatable bonds is 3. The van der Waals surface area contributed by atoms with E-state index in [-0.39, 0.29) is 17.5 Å². The number of likely N-dealkylation sites (tertiary alicyclic amines) is 1. The molecule has 28 heavy (non-hydrogen) atoms. The summed E-state index contributed by atoms with van der Waals surface area (Å²) in [5.74, 6) is -0.440. The highest BCUT2D eigenvalue weighted by Gasteiger charge is 2.30. The normalized spacial score (nSPS) is 15.4. The zero-order valence-electron chi connectivity index (χ0n) is 15.4. The molecular formula is C21H21F3N2O2. The van der Waals surface area contributed by atoms with Crippen LogP contribution >= 0.6 is 0 Å². The van der Waals surface area contributed by atoms with Crippen LogP contribution in [0.2, 0.25) is 0 Å². The molecule has 1 heterocycles. The van der Waals surface area contributed by atoms with E-state index in [2.05, 4.69) is 5.32 Å². The summed E-state index contributed by atoms with van der Waals surface area (Å²) in [6, 6.07) is 11.4. The van der Waals surface area contributed by atoms with Crippen LogP contribution in [0.25, 0.3) is 0 Å². The number of alkyl halides is 3. The second-order valence-corrected chi connectivity index (χ2v) is 6.98. The number of hydrogen-bond donors (Lipinski definition) is 1. The number of carbonyl (C=O) groups is 2. The zero-order chi connectivity index (χ0) is 20.3. The Bertz CT molecular complexity index is 837. The lowest BCUT2D eigenvalue weighted by molar-refractivity contribution is -0.137. The first-order chi connectivity index (χ1) is 13.2. The number of amides is 2. The first kappa shape index (κ1) is 19.9. The molecule has 2 amide bonds. The number of benzene rings is 2. The molecule has 1 aliphatic heterocycles. The third kappa shape index (κ3) is 4.71. The lowest BCUT2D eigenvalue weighted by Gasteiger charge is -2.32. The summed E-state index contributed by atoms with van der Waals surface area (Å²) < 4.78 is 37.8. The fourth-order valence-electron chi connectivity index (χ4n) is 3.18. The molecule has 148 valence electrons. The predicted octanol–water partition coefficient (Wildman–Crippen LogP) is 4.05. The van der Waals surface area contributed by atoms with Crippen molar-refractivity contribution in [3.63, 3.8) is 0 Å². The molecule has 3 rings (SSSR count). The Balaban J connectivity index is 1.53. The molecule has 0 atom stereocenters. The molecule has 0 unspecified atom stereocenters. The zero-order valence-corrected chi connectivity index (χ0v) is 15.4. The standard InChI is InChI=1S/C21H21F3N2O2/c1-14-2-4-16(5-3-14)20(28)26-12-10-18(11-13-26)25-19(27)15-6-8-17(9-7-15)21(22,23)24/h2-9,18H,10-13H2,1H3,(H,25,27). The van der Waals surface area contributed by atoms with E-state index >= 15 is 0 Å². The molecule has 1 saturated heterocycles. The molecule has 0 radical (unpaired) electrons. The van der Waals surface area contributed by atoms with Gasteiger partial charge >= 0.3 is 6.18 Å². The first-order valence-corrected chi connectivity index (χ1v) is 9.08. The van der Waals surface area contributed by atoms with Crippen LogP contribution < -0.4 is 5.32 Å². The lowest BCUT2D eigenvalue weighted by Crippen LogP contribution is -2.46. The fraction of sp³-hybridized carbons (Fsp3) is 0.333. The quantitative estimate of drug-likeness (QED) is 0.860. The van der Waals surface area contributed by atoms with Gasteiger partial charge in [0.25, 0.3) is 11.8 Å². The summed E-state index contributed by atoms with van der Waals surface area (Å²) in [6.07, 6.45) is -3.22. The van der Waals surface area contributed by atoms with Gasteiger partial charge in [0.2, 0.25) is 0 Å². The number of carbonyl (C=O) groups excluding carboxylic acids is 2. The van der Waals surface area contributed by atoms with Crippen molar-refractivity contribution in [2.24, 2.45) is 0 Å². The first-order valence-electron chi connectivity index (χ1n) is 9.08. The molecule has 0 aromatic heterocycles. The minimum absolute atomic E-state index is 0.0347. The van der Waals surface area contributed by atoms with Crippen molar-refractivity contribution in [2.75, 3.05) is 13.1 Å². The Kier molecular flexibility index (Phi) is 5.72. The number of nitrogens with one attached hydrogen (secondary N) is 1. The van der Waals surface area contributed by atoms with E-state index in [0.717, 1.165) is 17.7 Å². The minimum Gasteiger partial charge on any atom is -0.349 e. The van der Waals surface area contributed by atoms with Gasteiger partial charge in [-0.05, 0) is 56.2 Å². The van der Waals surface area contributed by atoms with Crippen molar-refractivity contribution in [2.45, 2.75) is 32.0 Å². The lowest BCUT2D eigenvalue weighted by atomic mass is 10.0. The predicted molar refractivity (Wildman–Crippen MR) is 99.0 cm³/mol. The highest BCUT2D eigenvalue weighted by molar-refractivity contribution is 5.95. The second-order valence-electron chi connectivity index (χ2n) is 6.98. The molecule has 2 aromatic rings. The summed E-state index contributed by atoms with van der Waals surface area (Å²) >= 11 is 0. The van der Waals surface area contributed by atoms with Gasteiger partial charge in [-0.25, -0.2) is 0 Å². The SMILES string of the molecule is Cc1ccc(C(=O)N2CCC(NC(=O)c3ccc(C(F)(F)F)cc3)CC2)cc1. The molecular weight excluding hydrogens is 369 g/mol. The molecule has 1 fully saturated rings. The number of hydrogen-bond acceptors (Lipinski definition) is 2. The molecule has 1 aliphatic rings. The van der Waals surface area contributed by atoms with E-state index in [1.807, 2.05) is 19.1 Å². The van der Waals surface area contributed by atoms with Crippen molar-refractivity contribution >= 4 is 11.8 Å². The molecule has 0 aliphatic carbocycles. The van der Waals surface area contributed by atoms with Gasteiger partial charge in [-0.2, -0.15) is 13.2 Å². The van der Waals surface area contributed by atoms with Crippen LogP contribution in [0.3, 0.4) is 0 Å². The molecule has 1 N–H and O–H groups in total. The van der Waals surface area contributed by atoms with Crippen molar-refractivity contribution in [3.05, 3.63) is 70.8 Å². The van der Waals surface area contributed by atoms with Gasteiger partial charge in [0, 0.05) is 30.3 Å². The van der Waals surface area contributed by atoms with Crippen LogP contribution in [0.1, 0.15) is 44.7 Å². The summed E-state index contributed by atoms with van der Waals surface area (Å²) in [5.41, 5.74) is 1.12. The Hall–Kier alpha value is -2.83. The molecule has 0 saturated carbocycles. The van der Waals surface area contributed by atoms with Gasteiger partial charge in [0.15, 0.2) is 0 Å². The average Bonchev–Trinajstić information content (AvgIpc) is 2.68. The highest BCUT2D eigenvalue weighted by atomic mass is 19.4. The van der Waals surface area contributed by atoms with E-state index in [0.29, 0.717) is 31.5 Å². The smallest absolute Gasteiger partial charge is 0.349 e. The Morgan fingerprint density at radius 2 is 1.46 bits per heavy atom. The fourth-order valence-corrected chi connectivity index (χ4v) is 3.18. The van der Waals surface area contributed by atoms with Gasteiger partial charge in [0.1, 0.15) is 0 Å². The largest absolute Gasteiger partial charge is 0.416 e. The average molecular weight is 390 g/mol. The van der Waals surface area contributed by atoms with E-state index in [4.69, 9.17) is 0 Å². The van der Waals surface area contributed by atoms with Gasteiger partial charge in [-0.3, -0.25) is 9.59 Å². The van der Waals surface area contributed by atoms with Crippen LogP contribution in [0.15, 0.2) is 48.5 Å². The maximum atomic E-state index is 12.6. The Morgan fingerprint density at radius 1 is 0.929 bits per heavy atom. The second kappa shape index (κ2) is 8.04. The van der Waals surface area contributed by atoms with Gasteiger partial charge < -0.3 is 10.2 Å². The monoisotopic (exact) mass is 390 g/mol. The maximum absolute atomic E-state index is 12.6. The van der Waals surface area contributed by atoms with E-state index in [1.165, 1.54) is 12.1 Å². The molecule has 0 bridgehead atoms. The summed E-state index contributed by atoms with van der Waals surface area (Å²) in [6.45, 7) is 2.99. The molecule has 4 nitrogen and oxygen atoms in total. The van der Waals surface area contributed by atoms with Crippen LogP contribution in [0.4, 0.5) is 13.2 Å². The summed E-state index contributed by atoms with van der Waals surface area (Å²) in [7, 11) is 0. The summed E-state index contributed by atoms with van der Waals surface area (Å²) in [5, 5.41) is 2.84. The highest BCUT2D eigenvalue weighted by Crippen LogP contribution is 2.29. The van der Waals surface area contributed by atoms with Crippen molar-refractivity contribution < 1.29 is 22.8 Å². The van der Waals surface area contributed by atoms with Crippen LogP contribution in [0, 0.1) is 6.92 Å². The van der Waals surface area contributed by atoms with Crippen molar-refractivity contribution in [3.8, 4) is 0 Å². The number of aryl methyl sites for hydroxylation is 1. The van der Waals surface area contributed by atoms with Crippen LogP contribution in [-0.4, -0.2) is 35.8 Å². The van der Waals surface area contributed by atoms with Crippen molar-refractivity contribution in [1.29, 1.82) is 0 Å². The topological polar surface area (TPSA) is 49.4 Å². The van der Waals surface area contributed by atoms with Gasteiger partial charge in [0.05, 0.1) is 5.56 Å². The molecule has 0 spiro atoms. The van der Waals surface area contributed by atoms with Gasteiger partial charge in [-0.1, -0.05) is 17.7 Å². The third-order valence-electron chi connectivity index (χ3n) is 4.89. The molecule has 2 aromatic carbocycles. The van der Waals surface area contributed by atoms with Crippen LogP contribution in [0.5, 0.6) is 0 Å². The molecule has 7 heteroatoms. The Labute approximate surface area is 161 Å². The number of piperidine rings is 1. The number of nitrogens with zero attached hydrogens (tertiary/aromatic N) is 1. The van der Waals surface area contributed by atoms with E-state index < -0.39 is 17.6 Å². The Morgan fingerprint density at radius 3 is 2.00 bits per heavy atom. The van der Waals surface area contributed by atoms with E-state index in [1.54, 1.807) is 17.0 Å². The van der Waals surface area contributed by atoms with Crippen LogP contribution in [-0.2, 0) is 6.18 Å². The third-order valence-corrected chi connectivity index (χ3v) is 4.89. The van der Waals surface area contributed by atoms with E-state index in [9.17, 15) is 22.8 Å². The minimum atomic E-state index is -4.42. The van der Waals surface area contributed by atoms with Gasteiger partial charge in [-0.15, -0.1) is 0 Å². The van der Waals surface area contributed by atoms with Crippen molar-refractivity contribution in [1.82, 2.24) is 10.2 Å². The summed E-state index contributed by atoms with van der Waals surface area (Å²) in [4.78, 5) is 26.5. The number of halogens is 3.